The molecule has 9 heteroatoms. The summed E-state index contributed by atoms with van der Waals surface area (Å²) in [6.45, 7) is 4.13. The summed E-state index contributed by atoms with van der Waals surface area (Å²) in [5, 5.41) is 14.6. The Morgan fingerprint density at radius 1 is 1.20 bits per heavy atom. The van der Waals surface area contributed by atoms with Gasteiger partial charge < -0.3 is 10.2 Å². The van der Waals surface area contributed by atoms with Gasteiger partial charge in [-0.05, 0) is 41.7 Å². The third-order valence-corrected chi connectivity index (χ3v) is 7.14. The lowest BCUT2D eigenvalue weighted by molar-refractivity contribution is 0.137. The smallest absolute Gasteiger partial charge is 0.450 e. The minimum Gasteiger partial charge on any atom is -0.450 e. The topological polar surface area (TPSA) is 104 Å². The molecule has 1 atom stereocenters. The molecule has 1 aromatic carbocycles. The molecule has 0 bridgehead atoms. The number of rotatable bonds is 4. The predicted molar refractivity (Wildman–Crippen MR) is 97.9 cm³/mol. The van der Waals surface area contributed by atoms with E-state index in [-0.39, 0.29) is 11.5 Å². The van der Waals surface area contributed by atoms with Crippen molar-refractivity contribution in [1.29, 1.82) is 0 Å². The second-order valence-electron chi connectivity index (χ2n) is 6.27. The number of nitrogens with one attached hydrogen (secondary N) is 1. The van der Waals surface area contributed by atoms with Gasteiger partial charge >= 0.3 is 6.16 Å². The van der Waals surface area contributed by atoms with Crippen molar-refractivity contribution in [2.75, 3.05) is 0 Å². The van der Waals surface area contributed by atoms with Crippen molar-refractivity contribution in [1.82, 2.24) is 4.72 Å². The third-order valence-electron chi connectivity index (χ3n) is 3.79. The van der Waals surface area contributed by atoms with Crippen LogP contribution in [0.2, 0.25) is 5.02 Å². The molecule has 3 rings (SSSR count). The Morgan fingerprint density at radius 3 is 2.20 bits per heavy atom. The van der Waals surface area contributed by atoms with Crippen molar-refractivity contribution in [3.63, 3.8) is 0 Å². The summed E-state index contributed by atoms with van der Waals surface area (Å²) in [6, 6.07) is 10.9. The van der Waals surface area contributed by atoms with Gasteiger partial charge in [0.2, 0.25) is 10.0 Å². The van der Waals surface area contributed by atoms with Gasteiger partial charge in [-0.3, -0.25) is 0 Å². The Bertz CT molecular complexity index is 855. The summed E-state index contributed by atoms with van der Waals surface area (Å²) in [7, 11) is -3.42. The second kappa shape index (κ2) is 7.33. The highest BCUT2D eigenvalue weighted by molar-refractivity contribution is 7.91. The molecule has 3 N–H and O–H groups in total. The van der Waals surface area contributed by atoms with Crippen LogP contribution in [0.1, 0.15) is 20.3 Å². The standard InChI is InChI=1S/C15H16ClNO2S2.CH2O3/c1-15(2)9-13(15)17-21(18,19)14-8-7-12(20-14)10-3-5-11(16)6-4-10;2-1(3)4/h3-8,13,17H,9H2,1-2H3;(H2,2,3,4). The fourth-order valence-corrected chi connectivity index (χ4v) is 5.01. The van der Waals surface area contributed by atoms with Crippen LogP contribution in [0.4, 0.5) is 4.79 Å². The van der Waals surface area contributed by atoms with Crippen LogP contribution in [-0.4, -0.2) is 30.8 Å². The molecule has 1 saturated carbocycles. The van der Waals surface area contributed by atoms with E-state index < -0.39 is 16.2 Å². The lowest BCUT2D eigenvalue weighted by Gasteiger charge is -2.06. The zero-order valence-electron chi connectivity index (χ0n) is 13.6. The summed E-state index contributed by atoms with van der Waals surface area (Å²) in [5.74, 6) is 0. The van der Waals surface area contributed by atoms with Crippen molar-refractivity contribution in [3.8, 4) is 10.4 Å². The quantitative estimate of drug-likeness (QED) is 0.703. The first kappa shape index (κ1) is 19.7. The van der Waals surface area contributed by atoms with Crippen molar-refractivity contribution >= 4 is 39.1 Å². The maximum absolute atomic E-state index is 12.3. The number of hydrogen-bond donors (Lipinski definition) is 3. The highest BCUT2D eigenvalue weighted by Gasteiger charge is 2.48. The molecule has 25 heavy (non-hydrogen) atoms. The minimum atomic E-state index is -3.42. The normalized spacial score (nSPS) is 18.1. The van der Waals surface area contributed by atoms with Crippen LogP contribution in [0.3, 0.4) is 0 Å². The summed E-state index contributed by atoms with van der Waals surface area (Å²) >= 11 is 7.14. The van der Waals surface area contributed by atoms with E-state index in [4.69, 9.17) is 26.6 Å². The highest BCUT2D eigenvalue weighted by Crippen LogP contribution is 2.45. The molecule has 6 nitrogen and oxygen atoms in total. The Labute approximate surface area is 155 Å². The zero-order chi connectivity index (χ0) is 18.8. The fraction of sp³-hybridized carbons (Fsp3) is 0.312. The van der Waals surface area contributed by atoms with Gasteiger partial charge in [-0.25, -0.2) is 17.9 Å². The highest BCUT2D eigenvalue weighted by atomic mass is 35.5. The number of sulfonamides is 1. The molecule has 1 heterocycles. The Kier molecular flexibility index (Phi) is 5.78. The lowest BCUT2D eigenvalue weighted by atomic mass is 10.2. The summed E-state index contributed by atoms with van der Waals surface area (Å²) < 4.78 is 27.8. The average Bonchev–Trinajstić information content (AvgIpc) is 2.90. The summed E-state index contributed by atoms with van der Waals surface area (Å²) in [6.07, 6.45) is -0.943. The maximum Gasteiger partial charge on any atom is 0.503 e. The molecule has 1 unspecified atom stereocenters. The Morgan fingerprint density at radius 2 is 1.72 bits per heavy atom. The third kappa shape index (κ3) is 5.43. The molecule has 1 aliphatic rings. The Balaban J connectivity index is 0.000000511. The first-order valence-electron chi connectivity index (χ1n) is 7.31. The first-order valence-corrected chi connectivity index (χ1v) is 9.99. The van der Waals surface area contributed by atoms with Crippen LogP contribution < -0.4 is 4.72 Å². The molecular formula is C16H18ClNO5S2. The Hall–Kier alpha value is -1.61. The van der Waals surface area contributed by atoms with Gasteiger partial charge in [0.05, 0.1) is 0 Å². The number of halogens is 1. The number of carboxylic acid groups (broad SMARTS) is 2. The summed E-state index contributed by atoms with van der Waals surface area (Å²) in [4.78, 5) is 9.47. The van der Waals surface area contributed by atoms with E-state index in [0.29, 0.717) is 9.23 Å². The molecule has 1 aromatic heterocycles. The lowest BCUT2D eigenvalue weighted by Crippen LogP contribution is -2.27. The molecule has 136 valence electrons. The molecular weight excluding hydrogens is 386 g/mol. The van der Waals surface area contributed by atoms with E-state index in [0.717, 1.165) is 16.9 Å². The van der Waals surface area contributed by atoms with Crippen molar-refractivity contribution in [2.45, 2.75) is 30.5 Å². The molecule has 2 aromatic rings. The zero-order valence-corrected chi connectivity index (χ0v) is 16.0. The van der Waals surface area contributed by atoms with Gasteiger partial charge in [0.15, 0.2) is 0 Å². The molecule has 0 saturated heterocycles. The fourth-order valence-electron chi connectivity index (χ4n) is 2.15. The second-order valence-corrected chi connectivity index (χ2v) is 9.74. The number of carbonyl (C=O) groups is 1. The van der Waals surface area contributed by atoms with Gasteiger partial charge in [-0.1, -0.05) is 37.6 Å². The van der Waals surface area contributed by atoms with Crippen LogP contribution in [0.15, 0.2) is 40.6 Å². The number of benzene rings is 1. The maximum atomic E-state index is 12.3. The van der Waals surface area contributed by atoms with Gasteiger partial charge in [-0.2, -0.15) is 0 Å². The van der Waals surface area contributed by atoms with Gasteiger partial charge in [-0.15, -0.1) is 11.3 Å². The monoisotopic (exact) mass is 403 g/mol. The van der Waals surface area contributed by atoms with Crippen LogP contribution in [-0.2, 0) is 10.0 Å². The van der Waals surface area contributed by atoms with E-state index in [1.165, 1.54) is 11.3 Å². The first-order chi connectivity index (χ1) is 11.5. The van der Waals surface area contributed by atoms with Gasteiger partial charge in [0.25, 0.3) is 0 Å². The van der Waals surface area contributed by atoms with E-state index in [2.05, 4.69) is 18.6 Å². The van der Waals surface area contributed by atoms with E-state index in [9.17, 15) is 8.42 Å². The van der Waals surface area contributed by atoms with Crippen molar-refractivity contribution in [3.05, 3.63) is 41.4 Å². The van der Waals surface area contributed by atoms with Crippen LogP contribution in [0.25, 0.3) is 10.4 Å². The van der Waals surface area contributed by atoms with Crippen molar-refractivity contribution < 1.29 is 23.4 Å². The van der Waals surface area contributed by atoms with Crippen LogP contribution in [0, 0.1) is 5.41 Å². The summed E-state index contributed by atoms with van der Waals surface area (Å²) in [5.41, 5.74) is 1.04. The predicted octanol–water partition coefficient (Wildman–Crippen LogP) is 4.37. The van der Waals surface area contributed by atoms with E-state index >= 15 is 0 Å². The van der Waals surface area contributed by atoms with Crippen LogP contribution in [0.5, 0.6) is 0 Å². The van der Waals surface area contributed by atoms with Gasteiger partial charge in [0, 0.05) is 15.9 Å². The minimum absolute atomic E-state index is 0.0450. The number of thiophene rings is 1. The molecule has 1 aliphatic carbocycles. The number of hydrogen-bond acceptors (Lipinski definition) is 4. The molecule has 0 spiro atoms. The van der Waals surface area contributed by atoms with Crippen molar-refractivity contribution in [2.24, 2.45) is 5.41 Å². The van der Waals surface area contributed by atoms with E-state index in [1.54, 1.807) is 18.2 Å². The molecule has 0 amide bonds. The molecule has 0 aliphatic heterocycles. The van der Waals surface area contributed by atoms with Crippen LogP contribution >= 0.6 is 22.9 Å². The molecule has 0 radical (unpaired) electrons. The van der Waals surface area contributed by atoms with E-state index in [1.807, 2.05) is 18.2 Å². The SMILES string of the molecule is CC1(C)CC1NS(=O)(=O)c1ccc(-c2ccc(Cl)cc2)s1.O=C(O)O. The molecule has 1 fully saturated rings. The van der Waals surface area contributed by atoms with Gasteiger partial charge in [0.1, 0.15) is 4.21 Å². The average molecular weight is 404 g/mol. The largest absolute Gasteiger partial charge is 0.503 e.